The number of hydrogen-bond donors (Lipinski definition) is 1. The van der Waals surface area contributed by atoms with Crippen molar-refractivity contribution in [2.75, 3.05) is 31.1 Å². The monoisotopic (exact) mass is 422 g/mol. The van der Waals surface area contributed by atoms with E-state index in [1.165, 1.54) is 16.0 Å². The van der Waals surface area contributed by atoms with Crippen LogP contribution in [-0.4, -0.2) is 41.6 Å². The number of carboxylic acids is 1. The third-order valence-corrected chi connectivity index (χ3v) is 7.03. The van der Waals surface area contributed by atoms with Crippen molar-refractivity contribution in [1.29, 1.82) is 0 Å². The normalized spacial score (nSPS) is 19.9. The summed E-state index contributed by atoms with van der Waals surface area (Å²) >= 11 is 13.9. The molecule has 2 aromatic rings. The van der Waals surface area contributed by atoms with Crippen LogP contribution in [0.5, 0.6) is 0 Å². The smallest absolute Gasteiger partial charge is 0.307 e. The highest BCUT2D eigenvalue weighted by Crippen LogP contribution is 2.33. The van der Waals surface area contributed by atoms with E-state index in [9.17, 15) is 9.90 Å². The van der Waals surface area contributed by atoms with Crippen LogP contribution in [0.4, 0.5) is 5.69 Å². The van der Waals surface area contributed by atoms with Crippen LogP contribution in [-0.2, 0) is 17.6 Å². The maximum Gasteiger partial charge on any atom is 0.307 e. The van der Waals surface area contributed by atoms with Crippen LogP contribution in [0.25, 0.3) is 0 Å². The lowest BCUT2D eigenvalue weighted by Gasteiger charge is -2.35. The van der Waals surface area contributed by atoms with Crippen molar-refractivity contribution in [2.24, 2.45) is 5.92 Å². The molecule has 0 aromatic heterocycles. The van der Waals surface area contributed by atoms with Gasteiger partial charge in [0.25, 0.3) is 0 Å². The van der Waals surface area contributed by atoms with Gasteiger partial charge in [0.2, 0.25) is 0 Å². The van der Waals surface area contributed by atoms with Gasteiger partial charge in [0, 0.05) is 36.8 Å². The highest BCUT2D eigenvalue weighted by atomic mass is 35.5. The SMILES string of the molecule is O=C(O)C1Cc2ccc(SN3CCN(c4ccc(Cl)c(Cl)c4)CC3)cc2C1. The van der Waals surface area contributed by atoms with E-state index >= 15 is 0 Å². The Bertz CT molecular complexity index is 869. The van der Waals surface area contributed by atoms with E-state index in [-0.39, 0.29) is 5.92 Å². The molecular formula is C20H20Cl2N2O2S. The second-order valence-electron chi connectivity index (χ2n) is 6.98. The summed E-state index contributed by atoms with van der Waals surface area (Å²) in [6, 6.07) is 12.1. The summed E-state index contributed by atoms with van der Waals surface area (Å²) in [4.78, 5) is 14.7. The van der Waals surface area contributed by atoms with Gasteiger partial charge < -0.3 is 10.0 Å². The fourth-order valence-corrected chi connectivity index (χ4v) is 4.95. The molecule has 27 heavy (non-hydrogen) atoms. The highest BCUT2D eigenvalue weighted by Gasteiger charge is 2.27. The Morgan fingerprint density at radius 1 is 0.963 bits per heavy atom. The number of benzene rings is 2. The minimum atomic E-state index is -0.696. The number of aliphatic carboxylic acids is 1. The summed E-state index contributed by atoms with van der Waals surface area (Å²) in [5, 5.41) is 10.4. The minimum Gasteiger partial charge on any atom is -0.481 e. The zero-order chi connectivity index (χ0) is 19.0. The van der Waals surface area contributed by atoms with E-state index < -0.39 is 5.97 Å². The number of anilines is 1. The first-order valence-electron chi connectivity index (χ1n) is 8.97. The van der Waals surface area contributed by atoms with E-state index in [4.69, 9.17) is 23.2 Å². The Labute approximate surface area is 173 Å². The van der Waals surface area contributed by atoms with Gasteiger partial charge in [-0.05, 0) is 66.2 Å². The van der Waals surface area contributed by atoms with Gasteiger partial charge in [-0.3, -0.25) is 4.79 Å². The molecule has 1 heterocycles. The van der Waals surface area contributed by atoms with Crippen molar-refractivity contribution in [1.82, 2.24) is 4.31 Å². The lowest BCUT2D eigenvalue weighted by atomic mass is 10.1. The average Bonchev–Trinajstić information content (AvgIpc) is 3.08. The number of piperazine rings is 1. The fourth-order valence-electron chi connectivity index (χ4n) is 3.69. The van der Waals surface area contributed by atoms with Crippen LogP contribution in [0, 0.1) is 5.92 Å². The van der Waals surface area contributed by atoms with E-state index in [2.05, 4.69) is 27.4 Å². The van der Waals surface area contributed by atoms with Gasteiger partial charge in [-0.15, -0.1) is 0 Å². The van der Waals surface area contributed by atoms with Gasteiger partial charge in [-0.1, -0.05) is 29.3 Å². The van der Waals surface area contributed by atoms with Crippen molar-refractivity contribution in [3.05, 3.63) is 57.6 Å². The average molecular weight is 423 g/mol. The van der Waals surface area contributed by atoms with Crippen LogP contribution >= 0.6 is 35.1 Å². The molecule has 0 amide bonds. The fraction of sp³-hybridized carbons (Fsp3) is 0.350. The van der Waals surface area contributed by atoms with Gasteiger partial charge in [-0.2, -0.15) is 0 Å². The summed E-state index contributed by atoms with van der Waals surface area (Å²) in [7, 11) is 0. The molecule has 0 saturated carbocycles. The topological polar surface area (TPSA) is 43.8 Å². The standard InChI is InChI=1S/C20H20Cl2N2O2S/c21-18-4-2-16(12-19(18)22)23-5-7-24(8-6-23)27-17-3-1-13-9-15(20(25)26)10-14(13)11-17/h1-4,11-12,15H,5-10H2,(H,25,26). The molecule has 0 bridgehead atoms. The third kappa shape index (κ3) is 4.21. The zero-order valence-electron chi connectivity index (χ0n) is 14.7. The summed E-state index contributed by atoms with van der Waals surface area (Å²) < 4.78 is 2.36. The van der Waals surface area contributed by atoms with E-state index in [0.717, 1.165) is 31.9 Å². The molecule has 1 aliphatic heterocycles. The summed E-state index contributed by atoms with van der Waals surface area (Å²) in [5.41, 5.74) is 3.46. The molecule has 1 unspecified atom stereocenters. The molecule has 4 rings (SSSR count). The zero-order valence-corrected chi connectivity index (χ0v) is 17.0. The molecule has 142 valence electrons. The number of carboxylic acid groups (broad SMARTS) is 1. The Morgan fingerprint density at radius 3 is 2.41 bits per heavy atom. The van der Waals surface area contributed by atoms with Crippen LogP contribution in [0.3, 0.4) is 0 Å². The van der Waals surface area contributed by atoms with Crippen molar-refractivity contribution < 1.29 is 9.90 Å². The first kappa shape index (κ1) is 18.9. The van der Waals surface area contributed by atoms with Crippen LogP contribution in [0.2, 0.25) is 10.0 Å². The van der Waals surface area contributed by atoms with Gasteiger partial charge in [-0.25, -0.2) is 4.31 Å². The largest absolute Gasteiger partial charge is 0.481 e. The molecular weight excluding hydrogens is 403 g/mol. The first-order chi connectivity index (χ1) is 13.0. The molecule has 0 spiro atoms. The molecule has 4 nitrogen and oxygen atoms in total. The van der Waals surface area contributed by atoms with Crippen molar-refractivity contribution in [3.8, 4) is 0 Å². The molecule has 1 fully saturated rings. The highest BCUT2D eigenvalue weighted by molar-refractivity contribution is 7.97. The second-order valence-corrected chi connectivity index (χ2v) is 8.96. The van der Waals surface area contributed by atoms with Gasteiger partial charge in [0.05, 0.1) is 16.0 Å². The molecule has 1 saturated heterocycles. The number of rotatable bonds is 4. The molecule has 1 atom stereocenters. The Morgan fingerprint density at radius 2 is 1.70 bits per heavy atom. The maximum atomic E-state index is 11.2. The van der Waals surface area contributed by atoms with E-state index in [1.807, 2.05) is 18.2 Å². The van der Waals surface area contributed by atoms with Crippen molar-refractivity contribution >= 4 is 46.8 Å². The summed E-state index contributed by atoms with van der Waals surface area (Å²) in [6.07, 6.45) is 1.29. The minimum absolute atomic E-state index is 0.269. The lowest BCUT2D eigenvalue weighted by Crippen LogP contribution is -2.43. The van der Waals surface area contributed by atoms with Crippen LogP contribution in [0.15, 0.2) is 41.3 Å². The predicted molar refractivity (Wildman–Crippen MR) is 111 cm³/mol. The second kappa shape index (κ2) is 7.92. The number of hydrogen-bond acceptors (Lipinski definition) is 4. The van der Waals surface area contributed by atoms with E-state index in [1.54, 1.807) is 11.9 Å². The molecule has 7 heteroatoms. The predicted octanol–water partition coefficient (Wildman–Crippen LogP) is 4.62. The Balaban J connectivity index is 1.35. The lowest BCUT2D eigenvalue weighted by molar-refractivity contribution is -0.141. The van der Waals surface area contributed by atoms with E-state index in [0.29, 0.717) is 22.9 Å². The molecule has 2 aromatic carbocycles. The Kier molecular flexibility index (Phi) is 5.55. The van der Waals surface area contributed by atoms with Gasteiger partial charge in [0.15, 0.2) is 0 Å². The Hall–Kier alpha value is -1.40. The number of halogens is 2. The molecule has 0 radical (unpaired) electrons. The first-order valence-corrected chi connectivity index (χ1v) is 10.5. The molecule has 1 aliphatic carbocycles. The van der Waals surface area contributed by atoms with Crippen LogP contribution in [0.1, 0.15) is 11.1 Å². The molecule has 1 N–H and O–H groups in total. The van der Waals surface area contributed by atoms with Gasteiger partial charge in [0.1, 0.15) is 0 Å². The quantitative estimate of drug-likeness (QED) is 0.727. The third-order valence-electron chi connectivity index (χ3n) is 5.20. The summed E-state index contributed by atoms with van der Waals surface area (Å²) in [6.45, 7) is 3.74. The van der Waals surface area contributed by atoms with Crippen LogP contribution < -0.4 is 4.90 Å². The van der Waals surface area contributed by atoms with Gasteiger partial charge >= 0.3 is 5.97 Å². The maximum absolute atomic E-state index is 11.2. The van der Waals surface area contributed by atoms with Crippen molar-refractivity contribution in [2.45, 2.75) is 17.7 Å². The summed E-state index contributed by atoms with van der Waals surface area (Å²) in [5.74, 6) is -0.964. The van der Waals surface area contributed by atoms with Crippen molar-refractivity contribution in [3.63, 3.8) is 0 Å². The molecule has 2 aliphatic rings. The number of nitrogens with zero attached hydrogens (tertiary/aromatic N) is 2. The number of carbonyl (C=O) groups is 1. The number of fused-ring (bicyclic) bond motifs is 1.